The second-order valence-electron chi connectivity index (χ2n) is 5.93. The molecule has 0 atom stereocenters. The minimum atomic E-state index is -0.212. The second kappa shape index (κ2) is 7.34. The van der Waals surface area contributed by atoms with Gasteiger partial charge in [-0.15, -0.1) is 0 Å². The highest BCUT2D eigenvalue weighted by atomic mass is 16.2. The second-order valence-corrected chi connectivity index (χ2v) is 5.93. The number of amides is 2. The Labute approximate surface area is 148 Å². The number of benzene rings is 2. The van der Waals surface area contributed by atoms with E-state index in [9.17, 15) is 9.59 Å². The first-order valence-corrected chi connectivity index (χ1v) is 8.67. The third-order valence-electron chi connectivity index (χ3n) is 4.31. The minimum Gasteiger partial charge on any atom is -0.337 e. The van der Waals surface area contributed by atoms with E-state index in [4.69, 9.17) is 0 Å². The molecule has 128 valence electrons. The van der Waals surface area contributed by atoms with E-state index in [1.807, 2.05) is 79.4 Å². The maximum atomic E-state index is 13.1. The van der Waals surface area contributed by atoms with E-state index >= 15 is 0 Å². The van der Waals surface area contributed by atoms with Crippen molar-refractivity contribution >= 4 is 23.1 Å². The van der Waals surface area contributed by atoms with Crippen LogP contribution in [0.25, 0.3) is 5.57 Å². The molecule has 0 radical (unpaired) electrons. The van der Waals surface area contributed by atoms with Crippen LogP contribution in [-0.4, -0.2) is 29.8 Å². The highest BCUT2D eigenvalue weighted by Gasteiger charge is 2.41. The third-order valence-corrected chi connectivity index (χ3v) is 4.31. The summed E-state index contributed by atoms with van der Waals surface area (Å²) in [5.41, 5.74) is 2.65. The Morgan fingerprint density at radius 1 is 0.840 bits per heavy atom. The number of hydrogen-bond donors (Lipinski definition) is 0. The summed E-state index contributed by atoms with van der Waals surface area (Å²) in [6, 6.07) is 19.2. The minimum absolute atomic E-state index is 0.206. The molecule has 0 saturated carbocycles. The van der Waals surface area contributed by atoms with Gasteiger partial charge in [0, 0.05) is 18.8 Å². The summed E-state index contributed by atoms with van der Waals surface area (Å²) >= 11 is 0. The molecule has 0 aromatic heterocycles. The summed E-state index contributed by atoms with van der Waals surface area (Å²) in [5.74, 6) is -0.418. The molecule has 1 aliphatic heterocycles. The number of hydrogen-bond acceptors (Lipinski definition) is 3. The first-order chi connectivity index (χ1) is 12.2. The van der Waals surface area contributed by atoms with Crippen molar-refractivity contribution in [2.75, 3.05) is 18.0 Å². The Kier molecular flexibility index (Phi) is 4.98. The fourth-order valence-corrected chi connectivity index (χ4v) is 3.18. The summed E-state index contributed by atoms with van der Waals surface area (Å²) in [4.78, 5) is 29.4. The first kappa shape index (κ1) is 17.0. The smallest absolute Gasteiger partial charge is 0.278 e. The fraction of sp³-hybridized carbons (Fsp3) is 0.238. The molecule has 2 aromatic carbocycles. The van der Waals surface area contributed by atoms with Crippen LogP contribution in [0.15, 0.2) is 66.4 Å². The van der Waals surface area contributed by atoms with Gasteiger partial charge < -0.3 is 4.90 Å². The molecule has 0 N–H and O–H groups in total. The van der Waals surface area contributed by atoms with E-state index in [1.54, 1.807) is 0 Å². The molecule has 0 fully saturated rings. The van der Waals surface area contributed by atoms with Crippen molar-refractivity contribution < 1.29 is 9.59 Å². The van der Waals surface area contributed by atoms with E-state index in [0.29, 0.717) is 24.4 Å². The SMILES string of the molecule is CCCN1C(=O)C(c2ccccc2)=C(N(CC)c2ccccc2)C1=O. The van der Waals surface area contributed by atoms with E-state index in [1.165, 1.54) is 4.90 Å². The summed E-state index contributed by atoms with van der Waals surface area (Å²) in [5, 5.41) is 0. The van der Waals surface area contributed by atoms with Crippen LogP contribution in [-0.2, 0) is 9.59 Å². The average molecular weight is 334 g/mol. The monoisotopic (exact) mass is 334 g/mol. The molecular weight excluding hydrogens is 312 g/mol. The molecule has 0 saturated heterocycles. The number of imide groups is 1. The molecule has 3 rings (SSSR count). The molecule has 0 unspecified atom stereocenters. The summed E-state index contributed by atoms with van der Waals surface area (Å²) < 4.78 is 0. The van der Waals surface area contributed by atoms with E-state index < -0.39 is 0 Å². The van der Waals surface area contributed by atoms with Gasteiger partial charge in [-0.2, -0.15) is 0 Å². The van der Waals surface area contributed by atoms with Crippen LogP contribution in [0.1, 0.15) is 25.8 Å². The molecule has 4 heteroatoms. The van der Waals surface area contributed by atoms with Gasteiger partial charge in [0.25, 0.3) is 11.8 Å². The van der Waals surface area contributed by atoms with Gasteiger partial charge in [0.05, 0.1) is 5.57 Å². The lowest BCUT2D eigenvalue weighted by Crippen LogP contribution is -2.35. The standard InChI is InChI=1S/C21H22N2O2/c1-3-15-23-20(24)18(16-11-7-5-8-12-16)19(21(23)25)22(4-2)17-13-9-6-10-14-17/h5-14H,3-4,15H2,1-2H3. The molecule has 2 aromatic rings. The highest BCUT2D eigenvalue weighted by Crippen LogP contribution is 2.34. The zero-order chi connectivity index (χ0) is 17.8. The maximum absolute atomic E-state index is 13.1. The van der Waals surface area contributed by atoms with Crippen molar-refractivity contribution in [3.8, 4) is 0 Å². The van der Waals surface area contributed by atoms with Gasteiger partial charge in [-0.3, -0.25) is 14.5 Å². The lowest BCUT2D eigenvalue weighted by Gasteiger charge is -2.24. The van der Waals surface area contributed by atoms with Crippen LogP contribution < -0.4 is 4.90 Å². The molecule has 4 nitrogen and oxygen atoms in total. The average Bonchev–Trinajstić information content (AvgIpc) is 2.89. The van der Waals surface area contributed by atoms with Gasteiger partial charge in [-0.1, -0.05) is 55.5 Å². The van der Waals surface area contributed by atoms with Crippen LogP contribution in [0.2, 0.25) is 0 Å². The fourth-order valence-electron chi connectivity index (χ4n) is 3.18. The van der Waals surface area contributed by atoms with Crippen molar-refractivity contribution in [1.29, 1.82) is 0 Å². The first-order valence-electron chi connectivity index (χ1n) is 8.67. The summed E-state index contributed by atoms with van der Waals surface area (Å²) in [6.45, 7) is 5.00. The Morgan fingerprint density at radius 2 is 1.44 bits per heavy atom. The van der Waals surface area contributed by atoms with Gasteiger partial charge in [0.1, 0.15) is 5.70 Å². The molecule has 0 aliphatic carbocycles. The van der Waals surface area contributed by atoms with Crippen molar-refractivity contribution in [3.63, 3.8) is 0 Å². The topological polar surface area (TPSA) is 40.6 Å². The number of nitrogens with zero attached hydrogens (tertiary/aromatic N) is 2. The lowest BCUT2D eigenvalue weighted by atomic mass is 10.0. The van der Waals surface area contributed by atoms with Gasteiger partial charge in [0.15, 0.2) is 0 Å². The van der Waals surface area contributed by atoms with Gasteiger partial charge >= 0.3 is 0 Å². The molecule has 25 heavy (non-hydrogen) atoms. The van der Waals surface area contributed by atoms with Crippen molar-refractivity contribution in [2.45, 2.75) is 20.3 Å². The number of para-hydroxylation sites is 1. The zero-order valence-electron chi connectivity index (χ0n) is 14.6. The molecule has 1 heterocycles. The van der Waals surface area contributed by atoms with Crippen molar-refractivity contribution in [3.05, 3.63) is 71.9 Å². The predicted molar refractivity (Wildman–Crippen MR) is 99.8 cm³/mol. The summed E-state index contributed by atoms with van der Waals surface area (Å²) in [7, 11) is 0. The molecule has 1 aliphatic rings. The maximum Gasteiger partial charge on any atom is 0.278 e. The molecule has 0 spiro atoms. The van der Waals surface area contributed by atoms with Gasteiger partial charge in [-0.05, 0) is 31.0 Å². The predicted octanol–water partition coefficient (Wildman–Crippen LogP) is 3.70. The van der Waals surface area contributed by atoms with Crippen molar-refractivity contribution in [1.82, 2.24) is 4.90 Å². The van der Waals surface area contributed by atoms with Crippen molar-refractivity contribution in [2.24, 2.45) is 0 Å². The quantitative estimate of drug-likeness (QED) is 0.756. The number of rotatable bonds is 6. The summed E-state index contributed by atoms with van der Waals surface area (Å²) in [6.07, 6.45) is 0.740. The molecule has 0 bridgehead atoms. The number of carbonyl (C=O) groups is 2. The Balaban J connectivity index is 2.17. The van der Waals surface area contributed by atoms with Crippen LogP contribution in [0.4, 0.5) is 5.69 Å². The zero-order valence-corrected chi connectivity index (χ0v) is 14.6. The van der Waals surface area contributed by atoms with E-state index in [-0.39, 0.29) is 11.8 Å². The lowest BCUT2D eigenvalue weighted by molar-refractivity contribution is -0.136. The Hall–Kier alpha value is -2.88. The van der Waals surface area contributed by atoms with Gasteiger partial charge in [-0.25, -0.2) is 0 Å². The Morgan fingerprint density at radius 3 is 2.00 bits per heavy atom. The normalized spacial score (nSPS) is 14.4. The molecule has 2 amide bonds. The number of carbonyl (C=O) groups excluding carboxylic acids is 2. The van der Waals surface area contributed by atoms with Crippen LogP contribution in [0.5, 0.6) is 0 Å². The van der Waals surface area contributed by atoms with Crippen LogP contribution >= 0.6 is 0 Å². The Bertz CT molecular complexity index is 797. The number of likely N-dealkylation sites (N-methyl/N-ethyl adjacent to an activating group) is 1. The van der Waals surface area contributed by atoms with E-state index in [0.717, 1.165) is 17.7 Å². The number of anilines is 1. The van der Waals surface area contributed by atoms with Crippen LogP contribution in [0, 0.1) is 0 Å². The molecular formula is C21H22N2O2. The van der Waals surface area contributed by atoms with Gasteiger partial charge in [0.2, 0.25) is 0 Å². The largest absolute Gasteiger partial charge is 0.337 e. The van der Waals surface area contributed by atoms with E-state index in [2.05, 4.69) is 0 Å². The highest BCUT2D eigenvalue weighted by molar-refractivity contribution is 6.36. The third kappa shape index (κ3) is 3.07. The van der Waals surface area contributed by atoms with Crippen LogP contribution in [0.3, 0.4) is 0 Å².